The van der Waals surface area contributed by atoms with Gasteiger partial charge in [-0.25, -0.2) is 14.5 Å². The summed E-state index contributed by atoms with van der Waals surface area (Å²) >= 11 is 0. The second-order valence-corrected chi connectivity index (χ2v) is 8.03. The molecule has 0 saturated carbocycles. The van der Waals surface area contributed by atoms with E-state index < -0.39 is 0 Å². The van der Waals surface area contributed by atoms with Crippen molar-refractivity contribution in [3.63, 3.8) is 0 Å². The lowest BCUT2D eigenvalue weighted by Crippen LogP contribution is -2.36. The number of hydrogen-bond acceptors (Lipinski definition) is 5. The molecule has 0 N–H and O–H groups in total. The number of rotatable bonds is 3. The van der Waals surface area contributed by atoms with Gasteiger partial charge in [0.2, 0.25) is 0 Å². The summed E-state index contributed by atoms with van der Waals surface area (Å²) in [6, 6.07) is 5.87. The molecule has 3 aromatic heterocycles. The molecular weight excluding hydrogens is 380 g/mol. The van der Waals surface area contributed by atoms with E-state index in [1.807, 2.05) is 30.0 Å². The van der Waals surface area contributed by atoms with Crippen LogP contribution in [0.15, 0.2) is 35.4 Å². The number of likely N-dealkylation sites (tertiary alicyclic amines) is 1. The number of anilines is 2. The minimum Gasteiger partial charge on any atom is -0.339 e. The van der Waals surface area contributed by atoms with Gasteiger partial charge in [0.15, 0.2) is 5.65 Å². The molecule has 0 unspecified atom stereocenters. The third-order valence-electron chi connectivity index (χ3n) is 6.10. The van der Waals surface area contributed by atoms with Gasteiger partial charge in [0.1, 0.15) is 5.82 Å². The minimum absolute atomic E-state index is 0.0908. The number of carbonyl (C=O) groups excluding carboxylic acids is 1. The van der Waals surface area contributed by atoms with E-state index in [1.165, 1.54) is 11.1 Å². The van der Waals surface area contributed by atoms with Crippen LogP contribution in [0.2, 0.25) is 0 Å². The van der Waals surface area contributed by atoms with E-state index in [2.05, 4.69) is 10.00 Å². The molecule has 0 atom stereocenters. The predicted molar refractivity (Wildman–Crippen MR) is 114 cm³/mol. The van der Waals surface area contributed by atoms with Crippen molar-refractivity contribution in [1.29, 1.82) is 0 Å². The first-order valence-corrected chi connectivity index (χ1v) is 10.8. The number of piperidine rings is 1. The zero-order valence-corrected chi connectivity index (χ0v) is 17.3. The third-order valence-corrected chi connectivity index (χ3v) is 6.10. The number of hydrogen-bond donors (Lipinski definition) is 0. The fraction of sp³-hybridized carbons (Fsp3) is 0.455. The maximum absolute atomic E-state index is 12.9. The van der Waals surface area contributed by atoms with Crippen LogP contribution in [-0.4, -0.2) is 49.6 Å². The molecule has 5 heterocycles. The lowest BCUT2D eigenvalue weighted by Gasteiger charge is -2.31. The lowest BCUT2D eigenvalue weighted by atomic mass is 10.0. The quantitative estimate of drug-likeness (QED) is 0.668. The smallest absolute Gasteiger partial charge is 0.339 e. The Morgan fingerprint density at radius 1 is 1.10 bits per heavy atom. The van der Waals surface area contributed by atoms with E-state index in [0.717, 1.165) is 62.4 Å². The number of aryl methyl sites for hydroxylation is 2. The van der Waals surface area contributed by atoms with Gasteiger partial charge in [0.05, 0.1) is 5.56 Å². The van der Waals surface area contributed by atoms with Crippen LogP contribution in [-0.2, 0) is 13.0 Å². The van der Waals surface area contributed by atoms with E-state index in [-0.39, 0.29) is 11.6 Å². The molecule has 5 rings (SSSR count). The van der Waals surface area contributed by atoms with Crippen molar-refractivity contribution in [2.75, 3.05) is 24.5 Å². The molecule has 156 valence electrons. The zero-order chi connectivity index (χ0) is 20.7. The van der Waals surface area contributed by atoms with Crippen LogP contribution >= 0.6 is 0 Å². The number of aromatic nitrogens is 4. The van der Waals surface area contributed by atoms with Gasteiger partial charge in [0.25, 0.3) is 5.91 Å². The molecule has 1 amide bonds. The summed E-state index contributed by atoms with van der Waals surface area (Å²) in [6.45, 7) is 4.96. The Hall–Kier alpha value is -3.16. The Bertz CT molecular complexity index is 1160. The van der Waals surface area contributed by atoms with Gasteiger partial charge < -0.3 is 9.80 Å². The Kier molecular flexibility index (Phi) is 4.77. The Balaban J connectivity index is 1.47. The first kappa shape index (κ1) is 18.8. The molecule has 1 saturated heterocycles. The normalized spacial score (nSPS) is 16.7. The van der Waals surface area contributed by atoms with Gasteiger partial charge in [-0.2, -0.15) is 0 Å². The molecule has 30 heavy (non-hydrogen) atoms. The Labute approximate surface area is 174 Å². The average molecular weight is 406 g/mol. The maximum atomic E-state index is 12.9. The molecule has 0 aliphatic carbocycles. The van der Waals surface area contributed by atoms with Gasteiger partial charge in [-0.05, 0) is 56.7 Å². The van der Waals surface area contributed by atoms with E-state index in [0.29, 0.717) is 17.8 Å². The van der Waals surface area contributed by atoms with Crippen molar-refractivity contribution in [3.8, 4) is 0 Å². The van der Waals surface area contributed by atoms with Crippen LogP contribution in [0.4, 0.5) is 11.5 Å². The van der Waals surface area contributed by atoms with Gasteiger partial charge >= 0.3 is 5.69 Å². The summed E-state index contributed by atoms with van der Waals surface area (Å²) in [5, 5.41) is 4.40. The molecule has 1 fully saturated rings. The van der Waals surface area contributed by atoms with Gasteiger partial charge in [-0.15, -0.1) is 5.10 Å². The molecule has 0 aromatic carbocycles. The summed E-state index contributed by atoms with van der Waals surface area (Å²) in [6.07, 6.45) is 8.74. The fourth-order valence-corrected chi connectivity index (χ4v) is 4.49. The van der Waals surface area contributed by atoms with Crippen LogP contribution in [0.3, 0.4) is 0 Å². The van der Waals surface area contributed by atoms with Crippen LogP contribution < -0.4 is 10.6 Å². The molecule has 2 aliphatic heterocycles. The summed E-state index contributed by atoms with van der Waals surface area (Å²) in [7, 11) is 0. The highest BCUT2D eigenvalue weighted by Gasteiger charge is 2.24. The minimum atomic E-state index is -0.128. The Morgan fingerprint density at radius 3 is 2.73 bits per heavy atom. The van der Waals surface area contributed by atoms with Crippen molar-refractivity contribution in [3.05, 3.63) is 52.2 Å². The van der Waals surface area contributed by atoms with Crippen molar-refractivity contribution >= 4 is 23.1 Å². The molecule has 8 nitrogen and oxygen atoms in total. The first-order valence-electron chi connectivity index (χ1n) is 10.8. The van der Waals surface area contributed by atoms with Crippen LogP contribution in [0.5, 0.6) is 0 Å². The van der Waals surface area contributed by atoms with Gasteiger partial charge in [0, 0.05) is 50.3 Å². The van der Waals surface area contributed by atoms with Crippen molar-refractivity contribution in [1.82, 2.24) is 24.1 Å². The largest absolute Gasteiger partial charge is 0.350 e. The van der Waals surface area contributed by atoms with E-state index >= 15 is 0 Å². The molecule has 2 aliphatic rings. The van der Waals surface area contributed by atoms with Gasteiger partial charge in [-0.3, -0.25) is 9.20 Å². The fourth-order valence-electron chi connectivity index (χ4n) is 4.49. The highest BCUT2D eigenvalue weighted by molar-refractivity contribution is 5.94. The topological polar surface area (TPSA) is 75.7 Å². The SMILES string of the molecule is CCn1nc2cc(N3CCCc4cc(C(=O)N5CCCCC5)cnc43)ccn2c1=O. The Morgan fingerprint density at radius 2 is 1.93 bits per heavy atom. The highest BCUT2D eigenvalue weighted by Crippen LogP contribution is 2.32. The zero-order valence-electron chi connectivity index (χ0n) is 17.3. The van der Waals surface area contributed by atoms with E-state index in [4.69, 9.17) is 4.98 Å². The molecule has 3 aromatic rings. The van der Waals surface area contributed by atoms with Crippen LogP contribution in [0.1, 0.15) is 48.5 Å². The van der Waals surface area contributed by atoms with Crippen LogP contribution in [0.25, 0.3) is 5.65 Å². The number of fused-ring (bicyclic) bond motifs is 2. The van der Waals surface area contributed by atoms with E-state index in [9.17, 15) is 9.59 Å². The average Bonchev–Trinajstić information content (AvgIpc) is 3.13. The first-order chi connectivity index (χ1) is 14.7. The summed E-state index contributed by atoms with van der Waals surface area (Å²) in [5.74, 6) is 0.978. The summed E-state index contributed by atoms with van der Waals surface area (Å²) in [4.78, 5) is 34.0. The van der Waals surface area contributed by atoms with E-state index in [1.54, 1.807) is 16.8 Å². The lowest BCUT2D eigenvalue weighted by molar-refractivity contribution is 0.0724. The van der Waals surface area contributed by atoms with Crippen molar-refractivity contribution in [2.24, 2.45) is 0 Å². The molecular formula is C22H26N6O2. The molecule has 0 bridgehead atoms. The second kappa shape index (κ2) is 7.59. The number of amides is 1. The molecule has 8 heteroatoms. The molecule has 0 radical (unpaired) electrons. The standard InChI is InChI=1S/C22H26N6O2/c1-2-28-22(30)27-12-8-18(14-19(27)24-28)26-11-6-7-16-13-17(15-23-20(16)26)21(29)25-9-4-3-5-10-25/h8,12-15H,2-7,9-11H2,1H3. The predicted octanol–water partition coefficient (Wildman–Crippen LogP) is 2.62. The monoisotopic (exact) mass is 406 g/mol. The number of carbonyl (C=O) groups is 1. The summed E-state index contributed by atoms with van der Waals surface area (Å²) in [5.41, 5.74) is 3.24. The number of pyridine rings is 2. The second-order valence-electron chi connectivity index (χ2n) is 8.03. The van der Waals surface area contributed by atoms with Crippen molar-refractivity contribution < 1.29 is 4.79 Å². The van der Waals surface area contributed by atoms with Crippen molar-refractivity contribution in [2.45, 2.75) is 45.6 Å². The maximum Gasteiger partial charge on any atom is 0.350 e. The highest BCUT2D eigenvalue weighted by atomic mass is 16.2. The molecule has 0 spiro atoms. The van der Waals surface area contributed by atoms with Crippen LogP contribution in [0, 0.1) is 0 Å². The van der Waals surface area contributed by atoms with Gasteiger partial charge in [-0.1, -0.05) is 0 Å². The number of nitrogens with zero attached hydrogens (tertiary/aromatic N) is 6. The summed E-state index contributed by atoms with van der Waals surface area (Å²) < 4.78 is 3.02. The third kappa shape index (κ3) is 3.16.